The van der Waals surface area contributed by atoms with Crippen molar-refractivity contribution in [1.82, 2.24) is 15.5 Å². The summed E-state index contributed by atoms with van der Waals surface area (Å²) in [5.74, 6) is 0.697. The first-order valence-corrected chi connectivity index (χ1v) is 6.96. The van der Waals surface area contributed by atoms with Gasteiger partial charge in [0.15, 0.2) is 5.82 Å². The monoisotopic (exact) mass is 266 g/mol. The zero-order chi connectivity index (χ0) is 13.6. The van der Waals surface area contributed by atoms with Crippen LogP contribution in [-0.4, -0.2) is 29.1 Å². The van der Waals surface area contributed by atoms with E-state index in [1.807, 2.05) is 0 Å². The quantitative estimate of drug-likeness (QED) is 0.802. The third-order valence-electron chi connectivity index (χ3n) is 3.96. The lowest BCUT2D eigenvalue weighted by Gasteiger charge is -2.35. The van der Waals surface area contributed by atoms with Gasteiger partial charge in [0.25, 0.3) is 0 Å². The molecule has 0 bridgehead atoms. The summed E-state index contributed by atoms with van der Waals surface area (Å²) in [6.45, 7) is 1.14. The van der Waals surface area contributed by atoms with E-state index in [0.717, 1.165) is 12.8 Å². The van der Waals surface area contributed by atoms with E-state index in [1.165, 1.54) is 25.7 Å². The van der Waals surface area contributed by atoms with Crippen LogP contribution in [-0.2, 0) is 11.2 Å². The molecule has 0 spiro atoms. The van der Waals surface area contributed by atoms with Crippen LogP contribution in [0.1, 0.15) is 44.3 Å². The van der Waals surface area contributed by atoms with Gasteiger partial charge in [0.2, 0.25) is 12.3 Å². The molecule has 19 heavy (non-hydrogen) atoms. The van der Waals surface area contributed by atoms with E-state index < -0.39 is 0 Å². The van der Waals surface area contributed by atoms with Crippen molar-refractivity contribution in [2.45, 2.75) is 44.9 Å². The van der Waals surface area contributed by atoms with Gasteiger partial charge < -0.3 is 15.6 Å². The maximum absolute atomic E-state index is 12.0. The van der Waals surface area contributed by atoms with E-state index >= 15 is 0 Å². The maximum Gasteiger partial charge on any atom is 0.220 e. The first-order chi connectivity index (χ1) is 9.24. The molecule has 1 heterocycles. The Labute approximate surface area is 113 Å². The molecule has 1 saturated carbocycles. The van der Waals surface area contributed by atoms with Gasteiger partial charge in [0.05, 0.1) is 0 Å². The van der Waals surface area contributed by atoms with Crippen LogP contribution in [0.25, 0.3) is 0 Å². The summed E-state index contributed by atoms with van der Waals surface area (Å²) in [7, 11) is 0. The van der Waals surface area contributed by atoms with Crippen molar-refractivity contribution in [3.63, 3.8) is 0 Å². The molecular weight excluding hydrogens is 244 g/mol. The Morgan fingerprint density at radius 2 is 2.21 bits per heavy atom. The Hall–Kier alpha value is -1.43. The lowest BCUT2D eigenvalue weighted by atomic mass is 9.71. The summed E-state index contributed by atoms with van der Waals surface area (Å²) in [5.41, 5.74) is 5.90. The van der Waals surface area contributed by atoms with E-state index in [4.69, 9.17) is 5.73 Å². The molecule has 0 atom stereocenters. The number of hydrogen-bond acceptors (Lipinski definition) is 5. The first-order valence-electron chi connectivity index (χ1n) is 6.96. The number of carbonyl (C=O) groups is 1. The lowest BCUT2D eigenvalue weighted by molar-refractivity contribution is -0.123. The highest BCUT2D eigenvalue weighted by Crippen LogP contribution is 2.38. The fourth-order valence-electron chi connectivity index (χ4n) is 2.77. The zero-order valence-electron chi connectivity index (χ0n) is 11.2. The van der Waals surface area contributed by atoms with Crippen molar-refractivity contribution in [3.05, 3.63) is 12.2 Å². The molecule has 6 nitrogen and oxygen atoms in total. The molecule has 0 aromatic carbocycles. The Balaban J connectivity index is 1.73. The number of rotatable bonds is 6. The summed E-state index contributed by atoms with van der Waals surface area (Å²) in [6.07, 6.45) is 8.21. The predicted octanol–water partition coefficient (Wildman–Crippen LogP) is 1.03. The van der Waals surface area contributed by atoms with Gasteiger partial charge in [-0.1, -0.05) is 24.4 Å². The molecule has 0 radical (unpaired) electrons. The highest BCUT2D eigenvalue weighted by molar-refractivity contribution is 5.76. The summed E-state index contributed by atoms with van der Waals surface area (Å²) in [5, 5.41) is 6.61. The fraction of sp³-hybridized carbons (Fsp3) is 0.769. The number of amides is 1. The van der Waals surface area contributed by atoms with Gasteiger partial charge >= 0.3 is 0 Å². The summed E-state index contributed by atoms with van der Waals surface area (Å²) >= 11 is 0. The van der Waals surface area contributed by atoms with Crippen LogP contribution in [0.15, 0.2) is 10.9 Å². The number of nitrogens with two attached hydrogens (primary N) is 1. The molecular formula is C13H22N4O2. The molecule has 1 aromatic rings. The number of nitrogens with one attached hydrogen (secondary N) is 1. The van der Waals surface area contributed by atoms with Gasteiger partial charge in [-0.2, -0.15) is 4.98 Å². The van der Waals surface area contributed by atoms with Gasteiger partial charge in [-0.15, -0.1) is 0 Å². The Kier molecular flexibility index (Phi) is 4.90. The topological polar surface area (TPSA) is 94.0 Å². The van der Waals surface area contributed by atoms with Gasteiger partial charge in [-0.25, -0.2) is 0 Å². The first kappa shape index (κ1) is 14.0. The second-order valence-corrected chi connectivity index (χ2v) is 5.39. The van der Waals surface area contributed by atoms with Crippen molar-refractivity contribution in [3.8, 4) is 0 Å². The Morgan fingerprint density at radius 3 is 2.84 bits per heavy atom. The van der Waals surface area contributed by atoms with Crippen LogP contribution in [0, 0.1) is 5.41 Å². The maximum atomic E-state index is 12.0. The van der Waals surface area contributed by atoms with E-state index in [2.05, 4.69) is 20.0 Å². The molecule has 3 N–H and O–H groups in total. The second-order valence-electron chi connectivity index (χ2n) is 5.39. The Bertz CT molecular complexity index is 385. The normalized spacial score (nSPS) is 18.2. The van der Waals surface area contributed by atoms with Gasteiger partial charge in [-0.05, 0) is 24.8 Å². The smallest absolute Gasteiger partial charge is 0.220 e. The summed E-state index contributed by atoms with van der Waals surface area (Å²) in [4.78, 5) is 15.9. The largest absolute Gasteiger partial charge is 0.356 e. The van der Waals surface area contributed by atoms with Crippen LogP contribution in [0.4, 0.5) is 0 Å². The third kappa shape index (κ3) is 4.02. The van der Waals surface area contributed by atoms with E-state index in [0.29, 0.717) is 31.8 Å². The minimum atomic E-state index is 0.0223. The van der Waals surface area contributed by atoms with Gasteiger partial charge in [0.1, 0.15) is 0 Å². The number of nitrogens with zero attached hydrogens (tertiary/aromatic N) is 2. The van der Waals surface area contributed by atoms with Crippen molar-refractivity contribution in [2.24, 2.45) is 11.1 Å². The van der Waals surface area contributed by atoms with E-state index in [-0.39, 0.29) is 11.3 Å². The molecule has 1 fully saturated rings. The van der Waals surface area contributed by atoms with Gasteiger partial charge in [0, 0.05) is 19.4 Å². The number of aromatic nitrogens is 2. The van der Waals surface area contributed by atoms with Crippen LogP contribution in [0.3, 0.4) is 0 Å². The fourth-order valence-corrected chi connectivity index (χ4v) is 2.77. The molecule has 1 aliphatic rings. The second kappa shape index (κ2) is 6.65. The molecule has 0 aliphatic heterocycles. The average Bonchev–Trinajstić information content (AvgIpc) is 2.93. The van der Waals surface area contributed by atoms with Crippen LogP contribution < -0.4 is 11.1 Å². The molecule has 106 valence electrons. The predicted molar refractivity (Wildman–Crippen MR) is 70.2 cm³/mol. The average molecular weight is 266 g/mol. The molecule has 6 heteroatoms. The van der Waals surface area contributed by atoms with Crippen molar-refractivity contribution >= 4 is 5.91 Å². The number of carbonyl (C=O) groups excluding carboxylic acids is 1. The van der Waals surface area contributed by atoms with E-state index in [1.54, 1.807) is 0 Å². The van der Waals surface area contributed by atoms with Crippen molar-refractivity contribution in [2.75, 3.05) is 13.1 Å². The Morgan fingerprint density at radius 1 is 1.42 bits per heavy atom. The highest BCUT2D eigenvalue weighted by atomic mass is 16.5. The van der Waals surface area contributed by atoms with Crippen molar-refractivity contribution in [1.29, 1.82) is 0 Å². The third-order valence-corrected chi connectivity index (χ3v) is 3.96. The number of hydrogen-bond donors (Lipinski definition) is 2. The molecule has 1 aromatic heterocycles. The van der Waals surface area contributed by atoms with Crippen LogP contribution in [0.5, 0.6) is 0 Å². The van der Waals surface area contributed by atoms with E-state index in [9.17, 15) is 4.79 Å². The molecule has 1 amide bonds. The minimum Gasteiger partial charge on any atom is -0.356 e. The van der Waals surface area contributed by atoms with Crippen LogP contribution >= 0.6 is 0 Å². The zero-order valence-corrected chi connectivity index (χ0v) is 11.2. The van der Waals surface area contributed by atoms with Crippen molar-refractivity contribution < 1.29 is 9.32 Å². The lowest BCUT2D eigenvalue weighted by Crippen LogP contribution is -2.39. The molecule has 2 rings (SSSR count). The summed E-state index contributed by atoms with van der Waals surface area (Å²) < 4.78 is 4.64. The molecule has 0 saturated heterocycles. The minimum absolute atomic E-state index is 0.0223. The molecule has 1 aliphatic carbocycles. The highest BCUT2D eigenvalue weighted by Gasteiger charge is 2.32. The SMILES string of the molecule is NCC1(CC(=O)NCCc2ncon2)CCCCC1. The summed E-state index contributed by atoms with van der Waals surface area (Å²) in [6, 6.07) is 0. The van der Waals surface area contributed by atoms with Crippen LogP contribution in [0.2, 0.25) is 0 Å². The molecule has 0 unspecified atom stereocenters. The standard InChI is InChI=1S/C13H22N4O2/c14-9-13(5-2-1-3-6-13)8-12(18)15-7-4-11-16-10-19-17-11/h10H,1-9,14H2,(H,15,18). The van der Waals surface area contributed by atoms with Gasteiger partial charge in [-0.3, -0.25) is 4.79 Å².